The zero-order chi connectivity index (χ0) is 27.0. The first-order chi connectivity index (χ1) is 17.4. The van der Waals surface area contributed by atoms with Crippen LogP contribution in [0.2, 0.25) is 0 Å². The van der Waals surface area contributed by atoms with Crippen LogP contribution in [0.1, 0.15) is 36.1 Å². The van der Waals surface area contributed by atoms with E-state index in [2.05, 4.69) is 0 Å². The van der Waals surface area contributed by atoms with Crippen molar-refractivity contribution in [2.45, 2.75) is 31.8 Å². The number of hydrogen-bond acceptors (Lipinski definition) is 6. The fourth-order valence-corrected chi connectivity index (χ4v) is 6.19. The van der Waals surface area contributed by atoms with E-state index in [1.54, 1.807) is 55.5 Å². The van der Waals surface area contributed by atoms with Gasteiger partial charge in [0.05, 0.1) is 22.8 Å². The molecule has 0 radical (unpaired) electrons. The lowest BCUT2D eigenvalue weighted by Crippen LogP contribution is -2.29. The van der Waals surface area contributed by atoms with E-state index < -0.39 is 38.5 Å². The van der Waals surface area contributed by atoms with Crippen LogP contribution in [0.5, 0.6) is 11.5 Å². The van der Waals surface area contributed by atoms with Crippen molar-refractivity contribution in [3.8, 4) is 22.6 Å². The minimum atomic E-state index is -3.85. The number of rotatable bonds is 9. The Morgan fingerprint density at radius 1 is 1.05 bits per heavy atom. The molecule has 37 heavy (non-hydrogen) atoms. The molecule has 1 unspecified atom stereocenters. The normalized spacial score (nSPS) is 15.0. The van der Waals surface area contributed by atoms with E-state index in [4.69, 9.17) is 14.6 Å². The molecular formula is C25H26F2N2O6S2. The molecule has 3 aromatic carbocycles. The van der Waals surface area contributed by atoms with Gasteiger partial charge in [0.15, 0.2) is 0 Å². The zero-order valence-electron chi connectivity index (χ0n) is 20.1. The molecule has 0 aromatic heterocycles. The van der Waals surface area contributed by atoms with Gasteiger partial charge in [-0.15, -0.1) is 0 Å². The first-order valence-corrected chi connectivity index (χ1v) is 14.7. The van der Waals surface area contributed by atoms with E-state index >= 15 is 0 Å². The summed E-state index contributed by atoms with van der Waals surface area (Å²) in [6, 6.07) is 16.0. The van der Waals surface area contributed by atoms with Gasteiger partial charge in [-0.2, -0.15) is 8.78 Å². The molecule has 8 nitrogen and oxygen atoms in total. The van der Waals surface area contributed by atoms with Gasteiger partial charge in [0, 0.05) is 12.6 Å². The Hall–Kier alpha value is -3.22. The van der Waals surface area contributed by atoms with E-state index in [9.17, 15) is 25.6 Å². The predicted octanol–water partition coefficient (Wildman–Crippen LogP) is 4.40. The van der Waals surface area contributed by atoms with Crippen LogP contribution in [0.15, 0.2) is 60.7 Å². The van der Waals surface area contributed by atoms with Gasteiger partial charge >= 0.3 is 6.61 Å². The molecular weight excluding hydrogens is 526 g/mol. The minimum Gasteiger partial charge on any atom is -0.480 e. The summed E-state index contributed by atoms with van der Waals surface area (Å²) in [4.78, 5) is 0. The third-order valence-corrected chi connectivity index (χ3v) is 8.61. The number of fused-ring (bicyclic) bond motifs is 3. The Morgan fingerprint density at radius 3 is 2.46 bits per heavy atom. The largest absolute Gasteiger partial charge is 0.480 e. The molecule has 0 amide bonds. The van der Waals surface area contributed by atoms with E-state index in [1.807, 2.05) is 0 Å². The van der Waals surface area contributed by atoms with E-state index in [1.165, 1.54) is 23.5 Å². The van der Waals surface area contributed by atoms with E-state index in [-0.39, 0.29) is 17.3 Å². The Morgan fingerprint density at radius 2 is 1.78 bits per heavy atom. The van der Waals surface area contributed by atoms with Crippen molar-refractivity contribution in [3.63, 3.8) is 0 Å². The molecule has 198 valence electrons. The summed E-state index contributed by atoms with van der Waals surface area (Å²) in [5.41, 5.74) is 2.68. The standard InChI is InChI=1S/C25H26F2N2O6S2/c1-3-12-37(32,33)29(2)18-7-4-6-17(14-18)24-20-13-16(15-36(28,30)31)10-11-19(20)23-21(34-24)8-5-9-22(23)35-25(26)27/h4-11,13-14,24-25H,3,12,15H2,1-2H3,(H2,28,30,31). The number of benzene rings is 3. The van der Waals surface area contributed by atoms with Crippen LogP contribution in [0.4, 0.5) is 14.5 Å². The number of halogens is 2. The van der Waals surface area contributed by atoms with Crippen LogP contribution in [-0.4, -0.2) is 36.2 Å². The first-order valence-electron chi connectivity index (χ1n) is 11.3. The monoisotopic (exact) mass is 552 g/mol. The fraction of sp³-hybridized carbons (Fsp3) is 0.280. The highest BCUT2D eigenvalue weighted by Crippen LogP contribution is 2.49. The van der Waals surface area contributed by atoms with Crippen molar-refractivity contribution in [3.05, 3.63) is 77.4 Å². The van der Waals surface area contributed by atoms with Crippen molar-refractivity contribution in [2.24, 2.45) is 5.14 Å². The van der Waals surface area contributed by atoms with Crippen LogP contribution >= 0.6 is 0 Å². The van der Waals surface area contributed by atoms with Crippen LogP contribution in [-0.2, 0) is 25.8 Å². The molecule has 0 bridgehead atoms. The van der Waals surface area contributed by atoms with E-state index in [0.29, 0.717) is 39.9 Å². The van der Waals surface area contributed by atoms with Crippen molar-refractivity contribution in [2.75, 3.05) is 17.1 Å². The van der Waals surface area contributed by atoms with Crippen molar-refractivity contribution >= 4 is 25.7 Å². The second kappa shape index (κ2) is 10.3. The molecule has 1 heterocycles. The van der Waals surface area contributed by atoms with Crippen molar-refractivity contribution in [1.82, 2.24) is 0 Å². The molecule has 1 aliphatic heterocycles. The average molecular weight is 553 g/mol. The molecule has 1 aliphatic rings. The predicted molar refractivity (Wildman–Crippen MR) is 137 cm³/mol. The lowest BCUT2D eigenvalue weighted by Gasteiger charge is -2.31. The third kappa shape index (κ3) is 5.86. The summed E-state index contributed by atoms with van der Waals surface area (Å²) in [7, 11) is -5.92. The average Bonchev–Trinajstić information content (AvgIpc) is 2.81. The van der Waals surface area contributed by atoms with Crippen LogP contribution in [0, 0.1) is 0 Å². The van der Waals surface area contributed by atoms with Crippen LogP contribution < -0.4 is 18.9 Å². The van der Waals surface area contributed by atoms with Gasteiger partial charge < -0.3 is 9.47 Å². The number of nitrogens with two attached hydrogens (primary N) is 1. The lowest BCUT2D eigenvalue weighted by atomic mass is 9.88. The molecule has 0 fully saturated rings. The highest BCUT2D eigenvalue weighted by Gasteiger charge is 2.31. The quantitative estimate of drug-likeness (QED) is 0.421. The molecule has 1 atom stereocenters. The topological polar surface area (TPSA) is 116 Å². The molecule has 2 N–H and O–H groups in total. The fourth-order valence-electron chi connectivity index (χ4n) is 4.33. The van der Waals surface area contributed by atoms with E-state index in [0.717, 1.165) is 0 Å². The van der Waals surface area contributed by atoms with Crippen molar-refractivity contribution in [1.29, 1.82) is 0 Å². The summed E-state index contributed by atoms with van der Waals surface area (Å²) >= 11 is 0. The second-order valence-corrected chi connectivity index (χ2v) is 12.3. The number of anilines is 1. The van der Waals surface area contributed by atoms with Gasteiger partial charge in [-0.1, -0.05) is 43.3 Å². The highest BCUT2D eigenvalue weighted by atomic mass is 32.2. The van der Waals surface area contributed by atoms with Gasteiger partial charge in [0.2, 0.25) is 20.0 Å². The number of ether oxygens (including phenoxy) is 2. The number of hydrogen-bond donors (Lipinski definition) is 1. The molecule has 12 heteroatoms. The molecule has 3 aromatic rings. The Kier molecular flexibility index (Phi) is 7.45. The molecule has 0 aliphatic carbocycles. The number of alkyl halides is 2. The van der Waals surface area contributed by atoms with Gasteiger partial charge in [0.1, 0.15) is 17.6 Å². The van der Waals surface area contributed by atoms with Gasteiger partial charge in [0.25, 0.3) is 0 Å². The second-order valence-electron chi connectivity index (χ2n) is 8.61. The molecule has 4 rings (SSSR count). The smallest absolute Gasteiger partial charge is 0.387 e. The number of nitrogens with zero attached hydrogens (tertiary/aromatic N) is 1. The maximum atomic E-state index is 13.1. The summed E-state index contributed by atoms with van der Waals surface area (Å²) in [5.74, 6) is -0.265. The maximum Gasteiger partial charge on any atom is 0.387 e. The third-order valence-electron chi connectivity index (χ3n) is 5.90. The molecule has 0 saturated heterocycles. The summed E-state index contributed by atoms with van der Waals surface area (Å²) in [6.07, 6.45) is -0.343. The van der Waals surface area contributed by atoms with Gasteiger partial charge in [-0.05, 0) is 47.4 Å². The van der Waals surface area contributed by atoms with Crippen LogP contribution in [0.3, 0.4) is 0 Å². The summed E-state index contributed by atoms with van der Waals surface area (Å²) in [6.45, 7) is -1.29. The Balaban J connectivity index is 1.87. The zero-order valence-corrected chi connectivity index (χ0v) is 21.7. The molecule has 0 saturated carbocycles. The summed E-state index contributed by atoms with van der Waals surface area (Å²) in [5, 5.41) is 5.24. The minimum absolute atomic E-state index is 0.0201. The molecule has 0 spiro atoms. The SMILES string of the molecule is CCCS(=O)(=O)N(C)c1cccc(C2Oc3cccc(OC(F)F)c3-c3ccc(CS(N)(=O)=O)cc32)c1. The number of primary sulfonamides is 1. The van der Waals surface area contributed by atoms with Gasteiger partial charge in [-0.25, -0.2) is 22.0 Å². The first kappa shape index (κ1) is 26.8. The van der Waals surface area contributed by atoms with Crippen LogP contribution in [0.25, 0.3) is 11.1 Å². The van der Waals surface area contributed by atoms with Crippen molar-refractivity contribution < 1.29 is 35.1 Å². The van der Waals surface area contributed by atoms with Gasteiger partial charge in [-0.3, -0.25) is 4.31 Å². The Bertz CT molecular complexity index is 1530. The Labute approximate surface area is 214 Å². The highest BCUT2D eigenvalue weighted by molar-refractivity contribution is 7.92. The maximum absolute atomic E-state index is 13.1. The summed E-state index contributed by atoms with van der Waals surface area (Å²) < 4.78 is 87.2. The lowest BCUT2D eigenvalue weighted by molar-refractivity contribution is -0.0496. The number of sulfonamides is 2.